The van der Waals surface area contributed by atoms with Gasteiger partial charge in [-0.2, -0.15) is 5.10 Å². The lowest BCUT2D eigenvalue weighted by Crippen LogP contribution is -2.32. The number of hydrazone groups is 1. The summed E-state index contributed by atoms with van der Waals surface area (Å²) in [4.78, 5) is 28.5. The molecule has 0 spiro atoms. The van der Waals surface area contributed by atoms with Crippen molar-refractivity contribution in [1.82, 2.24) is 10.7 Å². The second kappa shape index (κ2) is 13.8. The Hall–Kier alpha value is -4.91. The van der Waals surface area contributed by atoms with Crippen LogP contribution < -0.4 is 20.4 Å². The van der Waals surface area contributed by atoms with Gasteiger partial charge in [0.15, 0.2) is 0 Å². The number of nitrogens with one attached hydrogen (secondary N) is 2. The number of hydrogen-bond donors (Lipinski definition) is 2. The fourth-order valence-corrected chi connectivity index (χ4v) is 4.38. The fourth-order valence-electron chi connectivity index (χ4n) is 4.38. The first-order chi connectivity index (χ1) is 19.5. The molecule has 0 radical (unpaired) electrons. The lowest BCUT2D eigenvalue weighted by Gasteiger charge is -2.21. The third-order valence-corrected chi connectivity index (χ3v) is 6.45. The van der Waals surface area contributed by atoms with E-state index in [1.54, 1.807) is 36.6 Å². The first-order valence-electron chi connectivity index (χ1n) is 13.4. The zero-order valence-electron chi connectivity index (χ0n) is 23.1. The smallest absolute Gasteiger partial charge is 0.287 e. The second-order valence-corrected chi connectivity index (χ2v) is 8.97. The molecule has 40 heavy (non-hydrogen) atoms. The molecule has 4 rings (SSSR count). The van der Waals surface area contributed by atoms with Gasteiger partial charge in [0, 0.05) is 29.9 Å². The molecule has 2 amide bonds. The van der Waals surface area contributed by atoms with E-state index in [4.69, 9.17) is 4.74 Å². The molecule has 0 saturated heterocycles. The summed E-state index contributed by atoms with van der Waals surface area (Å²) in [6, 6.07) is 28.4. The summed E-state index contributed by atoms with van der Waals surface area (Å²) in [5.41, 5.74) is 5.71. The Kier molecular flexibility index (Phi) is 9.67. The molecule has 7 nitrogen and oxygen atoms in total. The van der Waals surface area contributed by atoms with Gasteiger partial charge in [-0.3, -0.25) is 9.59 Å². The van der Waals surface area contributed by atoms with Crippen LogP contribution in [0, 0.1) is 0 Å². The molecule has 0 aliphatic rings. The summed E-state index contributed by atoms with van der Waals surface area (Å²) < 4.78 is 5.80. The predicted octanol–water partition coefficient (Wildman–Crippen LogP) is 6.01. The molecule has 2 N–H and O–H groups in total. The molecule has 7 heteroatoms. The minimum atomic E-state index is -0.549. The number of hydrogen-bond acceptors (Lipinski definition) is 5. The van der Waals surface area contributed by atoms with Gasteiger partial charge in [-0.15, -0.1) is 0 Å². The molecule has 0 heterocycles. The number of ether oxygens (including phenoxy) is 1. The van der Waals surface area contributed by atoms with Crippen LogP contribution in [0.3, 0.4) is 0 Å². The predicted molar refractivity (Wildman–Crippen MR) is 163 cm³/mol. The molecule has 0 aliphatic heterocycles. The highest BCUT2D eigenvalue weighted by molar-refractivity contribution is 6.06. The molecule has 0 saturated carbocycles. The lowest BCUT2D eigenvalue weighted by molar-refractivity contribution is -0.117. The topological polar surface area (TPSA) is 83.0 Å². The van der Waals surface area contributed by atoms with Crippen molar-refractivity contribution >= 4 is 40.6 Å². The molecular formula is C33H34N4O3. The minimum absolute atomic E-state index is 0.0737. The summed E-state index contributed by atoms with van der Waals surface area (Å²) >= 11 is 0. The van der Waals surface area contributed by atoms with Crippen LogP contribution in [0.1, 0.15) is 42.3 Å². The molecule has 0 fully saturated rings. The van der Waals surface area contributed by atoms with Gasteiger partial charge in [0.05, 0.1) is 12.8 Å². The van der Waals surface area contributed by atoms with Gasteiger partial charge in [0.25, 0.3) is 11.8 Å². The Morgan fingerprint density at radius 3 is 2.25 bits per heavy atom. The second-order valence-electron chi connectivity index (χ2n) is 8.97. The molecule has 0 aliphatic carbocycles. The van der Waals surface area contributed by atoms with E-state index in [9.17, 15) is 9.59 Å². The molecule has 4 aromatic rings. The van der Waals surface area contributed by atoms with Gasteiger partial charge in [0.1, 0.15) is 11.4 Å². The standard InChI is InChI=1S/C33H34N4O3/c1-4-37(5-2)27-19-16-24(17-20-27)22-30(35-32(38)26-13-8-7-9-14-26)33(39)36-34-23-29-28-15-11-10-12-25(28)18-21-31(29)40-6-3/h7-23H,4-6H2,1-3H3,(H,35,38)(H,36,39). The molecule has 0 unspecified atom stereocenters. The number of carbonyl (C=O) groups excluding carboxylic acids is 2. The van der Waals surface area contributed by atoms with Crippen LogP contribution in [0.2, 0.25) is 0 Å². The highest BCUT2D eigenvalue weighted by Crippen LogP contribution is 2.26. The number of rotatable bonds is 11. The first kappa shape index (κ1) is 28.1. The average molecular weight is 535 g/mol. The summed E-state index contributed by atoms with van der Waals surface area (Å²) in [6.07, 6.45) is 3.21. The van der Waals surface area contributed by atoms with Gasteiger partial charge in [0.2, 0.25) is 0 Å². The summed E-state index contributed by atoms with van der Waals surface area (Å²) in [5.74, 6) is -0.273. The van der Waals surface area contributed by atoms with Gasteiger partial charge < -0.3 is 15.0 Å². The largest absolute Gasteiger partial charge is 0.493 e. The molecule has 0 atom stereocenters. The monoisotopic (exact) mass is 534 g/mol. The van der Waals surface area contributed by atoms with Crippen LogP contribution in [0.5, 0.6) is 5.75 Å². The van der Waals surface area contributed by atoms with Crippen molar-refractivity contribution in [2.45, 2.75) is 20.8 Å². The Bertz CT molecular complexity index is 1510. The van der Waals surface area contributed by atoms with E-state index in [0.717, 1.165) is 40.7 Å². The van der Waals surface area contributed by atoms with Gasteiger partial charge in [-0.25, -0.2) is 5.43 Å². The van der Waals surface area contributed by atoms with Crippen LogP contribution in [0.15, 0.2) is 102 Å². The number of fused-ring (bicyclic) bond motifs is 1. The highest BCUT2D eigenvalue weighted by atomic mass is 16.5. The molecule has 4 aromatic carbocycles. The van der Waals surface area contributed by atoms with Crippen LogP contribution >= 0.6 is 0 Å². The van der Waals surface area contributed by atoms with E-state index < -0.39 is 11.8 Å². The van der Waals surface area contributed by atoms with E-state index >= 15 is 0 Å². The van der Waals surface area contributed by atoms with Crippen molar-refractivity contribution in [2.24, 2.45) is 5.10 Å². The van der Waals surface area contributed by atoms with Crippen LogP contribution in [-0.2, 0) is 4.79 Å². The number of anilines is 1. The third kappa shape index (κ3) is 6.94. The summed E-state index contributed by atoms with van der Waals surface area (Å²) in [7, 11) is 0. The Labute approximate surface area is 235 Å². The molecule has 0 bridgehead atoms. The fraction of sp³-hybridized carbons (Fsp3) is 0.182. The normalized spacial score (nSPS) is 11.4. The quantitative estimate of drug-likeness (QED) is 0.140. The van der Waals surface area contributed by atoms with E-state index in [-0.39, 0.29) is 5.70 Å². The van der Waals surface area contributed by atoms with E-state index in [0.29, 0.717) is 17.9 Å². The zero-order chi connectivity index (χ0) is 28.3. The van der Waals surface area contributed by atoms with Gasteiger partial charge >= 0.3 is 0 Å². The average Bonchev–Trinajstić information content (AvgIpc) is 2.99. The Morgan fingerprint density at radius 1 is 0.850 bits per heavy atom. The lowest BCUT2D eigenvalue weighted by atomic mass is 10.0. The molecule has 0 aromatic heterocycles. The maximum Gasteiger partial charge on any atom is 0.287 e. The van der Waals surface area contributed by atoms with Crippen molar-refractivity contribution < 1.29 is 14.3 Å². The summed E-state index contributed by atoms with van der Waals surface area (Å²) in [5, 5.41) is 8.97. The number of amides is 2. The van der Waals surface area contributed by atoms with Crippen LogP contribution in [0.4, 0.5) is 5.69 Å². The zero-order valence-corrected chi connectivity index (χ0v) is 23.1. The summed E-state index contributed by atoms with van der Waals surface area (Å²) in [6.45, 7) is 8.41. The van der Waals surface area contributed by atoms with Crippen LogP contribution in [-0.4, -0.2) is 37.7 Å². The maximum atomic E-state index is 13.3. The van der Waals surface area contributed by atoms with Crippen molar-refractivity contribution in [2.75, 3.05) is 24.6 Å². The SMILES string of the molecule is CCOc1ccc2ccccc2c1C=NNC(=O)C(=Cc1ccc(N(CC)CC)cc1)NC(=O)c1ccccc1. The van der Waals surface area contributed by atoms with Gasteiger partial charge in [-0.1, -0.05) is 60.7 Å². The van der Waals surface area contributed by atoms with E-state index in [2.05, 4.69) is 34.6 Å². The maximum absolute atomic E-state index is 13.3. The third-order valence-electron chi connectivity index (χ3n) is 6.45. The first-order valence-corrected chi connectivity index (χ1v) is 13.4. The Balaban J connectivity index is 1.61. The number of benzene rings is 4. The van der Waals surface area contributed by atoms with Crippen molar-refractivity contribution in [3.8, 4) is 5.75 Å². The van der Waals surface area contributed by atoms with Crippen molar-refractivity contribution in [3.05, 3.63) is 113 Å². The molecule has 204 valence electrons. The number of carbonyl (C=O) groups is 2. The van der Waals surface area contributed by atoms with E-state index in [1.165, 1.54) is 0 Å². The highest BCUT2D eigenvalue weighted by Gasteiger charge is 2.15. The van der Waals surface area contributed by atoms with Crippen LogP contribution in [0.25, 0.3) is 16.8 Å². The Morgan fingerprint density at radius 2 is 1.55 bits per heavy atom. The minimum Gasteiger partial charge on any atom is -0.493 e. The van der Waals surface area contributed by atoms with Crippen molar-refractivity contribution in [1.29, 1.82) is 0 Å². The van der Waals surface area contributed by atoms with Gasteiger partial charge in [-0.05, 0) is 73.5 Å². The van der Waals surface area contributed by atoms with E-state index in [1.807, 2.05) is 73.7 Å². The van der Waals surface area contributed by atoms with Crippen molar-refractivity contribution in [3.63, 3.8) is 0 Å². The molecular weight excluding hydrogens is 500 g/mol. The number of nitrogens with zero attached hydrogens (tertiary/aromatic N) is 2.